The lowest BCUT2D eigenvalue weighted by atomic mass is 9.71. The molecular weight excluding hydrogens is 176 g/mol. The minimum atomic E-state index is -0.322. The van der Waals surface area contributed by atoms with E-state index in [1.165, 1.54) is 7.11 Å². The van der Waals surface area contributed by atoms with E-state index in [9.17, 15) is 4.79 Å². The number of rotatable bonds is 5. The van der Waals surface area contributed by atoms with Gasteiger partial charge in [0, 0.05) is 0 Å². The van der Waals surface area contributed by atoms with Gasteiger partial charge >= 0.3 is 5.97 Å². The van der Waals surface area contributed by atoms with Gasteiger partial charge in [0.25, 0.3) is 0 Å². The molecule has 0 aromatic carbocycles. The van der Waals surface area contributed by atoms with Gasteiger partial charge in [0.2, 0.25) is 0 Å². The van der Waals surface area contributed by atoms with E-state index < -0.39 is 0 Å². The summed E-state index contributed by atoms with van der Waals surface area (Å²) in [6, 6.07) is 0. The van der Waals surface area contributed by atoms with Gasteiger partial charge in [-0.15, -0.1) is 0 Å². The number of carbonyl (C=O) groups is 1. The minimum absolute atomic E-state index is 0.0689. The Morgan fingerprint density at radius 2 is 1.86 bits per heavy atom. The fourth-order valence-corrected chi connectivity index (χ4v) is 2.02. The summed E-state index contributed by atoms with van der Waals surface area (Å²) in [7, 11) is 1.48. The van der Waals surface area contributed by atoms with Crippen molar-refractivity contribution in [2.24, 2.45) is 17.3 Å². The van der Waals surface area contributed by atoms with Gasteiger partial charge in [-0.05, 0) is 25.2 Å². The van der Waals surface area contributed by atoms with E-state index in [1.807, 2.05) is 6.92 Å². The molecule has 0 amide bonds. The molecule has 2 unspecified atom stereocenters. The van der Waals surface area contributed by atoms with Crippen LogP contribution in [0.25, 0.3) is 0 Å². The minimum Gasteiger partial charge on any atom is -0.469 e. The van der Waals surface area contributed by atoms with Crippen molar-refractivity contribution in [2.75, 3.05) is 7.11 Å². The summed E-state index contributed by atoms with van der Waals surface area (Å²) < 4.78 is 4.90. The molecule has 0 heterocycles. The Morgan fingerprint density at radius 1 is 1.36 bits per heavy atom. The zero-order valence-corrected chi connectivity index (χ0v) is 10.4. The first-order valence-electron chi connectivity index (χ1n) is 5.46. The second kappa shape index (κ2) is 5.38. The molecule has 0 spiro atoms. The molecule has 0 aromatic rings. The number of hydrogen-bond donors (Lipinski definition) is 0. The number of carbonyl (C=O) groups excluding carboxylic acids is 1. The van der Waals surface area contributed by atoms with Gasteiger partial charge in [-0.3, -0.25) is 4.79 Å². The van der Waals surface area contributed by atoms with Crippen LogP contribution in [0.15, 0.2) is 0 Å². The zero-order chi connectivity index (χ0) is 11.4. The first-order valence-corrected chi connectivity index (χ1v) is 5.46. The predicted octanol–water partition coefficient (Wildman–Crippen LogP) is 3.26. The second-order valence-corrected chi connectivity index (χ2v) is 4.82. The van der Waals surface area contributed by atoms with Gasteiger partial charge in [0.15, 0.2) is 0 Å². The van der Waals surface area contributed by atoms with Crippen LogP contribution in [0.2, 0.25) is 0 Å². The lowest BCUT2D eigenvalue weighted by Gasteiger charge is -2.33. The van der Waals surface area contributed by atoms with Crippen LogP contribution in [0.5, 0.6) is 0 Å². The van der Waals surface area contributed by atoms with Crippen molar-refractivity contribution < 1.29 is 9.53 Å². The quantitative estimate of drug-likeness (QED) is 0.637. The van der Waals surface area contributed by atoms with Crippen LogP contribution >= 0.6 is 0 Å². The van der Waals surface area contributed by atoms with E-state index in [-0.39, 0.29) is 11.4 Å². The molecule has 0 aliphatic heterocycles. The second-order valence-electron chi connectivity index (χ2n) is 4.82. The van der Waals surface area contributed by atoms with Crippen molar-refractivity contribution in [1.82, 2.24) is 0 Å². The largest absolute Gasteiger partial charge is 0.469 e. The van der Waals surface area contributed by atoms with E-state index in [0.717, 1.165) is 12.8 Å². The third-order valence-electron chi connectivity index (χ3n) is 3.18. The van der Waals surface area contributed by atoms with Gasteiger partial charge in [-0.1, -0.05) is 34.1 Å². The Balaban J connectivity index is 4.74. The molecule has 0 saturated carbocycles. The summed E-state index contributed by atoms with van der Waals surface area (Å²) in [5, 5.41) is 0. The summed E-state index contributed by atoms with van der Waals surface area (Å²) in [6.07, 6.45) is 1.91. The highest BCUT2D eigenvalue weighted by Gasteiger charge is 2.39. The molecule has 14 heavy (non-hydrogen) atoms. The van der Waals surface area contributed by atoms with Crippen molar-refractivity contribution >= 4 is 5.97 Å². The van der Waals surface area contributed by atoms with Crippen LogP contribution in [0.3, 0.4) is 0 Å². The van der Waals surface area contributed by atoms with Crippen molar-refractivity contribution in [3.05, 3.63) is 0 Å². The van der Waals surface area contributed by atoms with Crippen molar-refractivity contribution in [2.45, 2.75) is 47.5 Å². The van der Waals surface area contributed by atoms with Crippen LogP contribution in [0, 0.1) is 17.3 Å². The Labute approximate surface area is 88.0 Å². The normalized spacial score (nSPS) is 17.6. The summed E-state index contributed by atoms with van der Waals surface area (Å²) >= 11 is 0. The number of hydrogen-bond acceptors (Lipinski definition) is 2. The fraction of sp³-hybridized carbons (Fsp3) is 0.917. The molecule has 0 radical (unpaired) electrons. The number of ether oxygens (including phenoxy) is 1. The standard InChI is InChI=1S/C12H24O2/c1-7-10(4)12(5,8-9(2)3)11(13)14-6/h9-10H,7-8H2,1-6H3. The SMILES string of the molecule is CCC(C)C(C)(CC(C)C)C(=O)OC. The van der Waals surface area contributed by atoms with Crippen LogP contribution in [-0.4, -0.2) is 13.1 Å². The maximum Gasteiger partial charge on any atom is 0.311 e. The molecule has 2 heteroatoms. The van der Waals surface area contributed by atoms with Gasteiger partial charge < -0.3 is 4.74 Å². The summed E-state index contributed by atoms with van der Waals surface area (Å²) in [4.78, 5) is 11.7. The Morgan fingerprint density at radius 3 is 2.14 bits per heavy atom. The third-order valence-corrected chi connectivity index (χ3v) is 3.18. The summed E-state index contributed by atoms with van der Waals surface area (Å²) in [5.41, 5.74) is -0.322. The highest BCUT2D eigenvalue weighted by Crippen LogP contribution is 2.37. The van der Waals surface area contributed by atoms with Crippen molar-refractivity contribution in [3.63, 3.8) is 0 Å². The molecule has 0 saturated heterocycles. The lowest BCUT2D eigenvalue weighted by Crippen LogP contribution is -2.36. The molecule has 84 valence electrons. The van der Waals surface area contributed by atoms with Crippen LogP contribution in [0.1, 0.15) is 47.5 Å². The van der Waals surface area contributed by atoms with E-state index in [1.54, 1.807) is 0 Å². The molecule has 0 aliphatic carbocycles. The smallest absolute Gasteiger partial charge is 0.311 e. The van der Waals surface area contributed by atoms with Gasteiger partial charge in [0.1, 0.15) is 0 Å². The highest BCUT2D eigenvalue weighted by atomic mass is 16.5. The molecule has 0 aromatic heterocycles. The molecule has 0 N–H and O–H groups in total. The number of esters is 1. The first-order chi connectivity index (χ1) is 6.38. The average molecular weight is 200 g/mol. The van der Waals surface area contributed by atoms with Crippen molar-refractivity contribution in [1.29, 1.82) is 0 Å². The van der Waals surface area contributed by atoms with Gasteiger partial charge in [-0.25, -0.2) is 0 Å². The predicted molar refractivity (Wildman–Crippen MR) is 59.0 cm³/mol. The van der Waals surface area contributed by atoms with Crippen molar-refractivity contribution in [3.8, 4) is 0 Å². The van der Waals surface area contributed by atoms with Crippen LogP contribution in [-0.2, 0) is 9.53 Å². The topological polar surface area (TPSA) is 26.3 Å². The average Bonchev–Trinajstić information content (AvgIpc) is 2.13. The number of methoxy groups -OCH3 is 1. The van der Waals surface area contributed by atoms with E-state index in [0.29, 0.717) is 11.8 Å². The molecule has 2 atom stereocenters. The maximum absolute atomic E-state index is 11.7. The van der Waals surface area contributed by atoms with E-state index >= 15 is 0 Å². The Hall–Kier alpha value is -0.530. The van der Waals surface area contributed by atoms with Crippen LogP contribution in [0.4, 0.5) is 0 Å². The Kier molecular flexibility index (Phi) is 5.17. The molecule has 0 fully saturated rings. The molecule has 0 bridgehead atoms. The lowest BCUT2D eigenvalue weighted by molar-refractivity contribution is -0.156. The first kappa shape index (κ1) is 13.5. The highest BCUT2D eigenvalue weighted by molar-refractivity contribution is 5.76. The van der Waals surface area contributed by atoms with Gasteiger partial charge in [-0.2, -0.15) is 0 Å². The van der Waals surface area contributed by atoms with Crippen LogP contribution < -0.4 is 0 Å². The molecule has 2 nitrogen and oxygen atoms in total. The van der Waals surface area contributed by atoms with E-state index in [2.05, 4.69) is 27.7 Å². The van der Waals surface area contributed by atoms with E-state index in [4.69, 9.17) is 4.74 Å². The monoisotopic (exact) mass is 200 g/mol. The summed E-state index contributed by atoms with van der Waals surface area (Å²) in [5.74, 6) is 0.825. The Bertz CT molecular complexity index is 187. The van der Waals surface area contributed by atoms with Gasteiger partial charge in [0.05, 0.1) is 12.5 Å². The maximum atomic E-state index is 11.7. The molecular formula is C12H24O2. The molecule has 0 rings (SSSR count). The fourth-order valence-electron chi connectivity index (χ4n) is 2.02. The third kappa shape index (κ3) is 3.00. The molecule has 0 aliphatic rings. The summed E-state index contributed by atoms with van der Waals surface area (Å²) in [6.45, 7) is 10.5. The zero-order valence-electron chi connectivity index (χ0n) is 10.4.